The molecular weight excluding hydrogens is 326 g/mol. The number of fused-ring (bicyclic) bond motifs is 1. The number of hydrogen-bond acceptors (Lipinski definition) is 3. The predicted octanol–water partition coefficient (Wildman–Crippen LogP) is 1.88. The zero-order valence-electron chi connectivity index (χ0n) is 12.8. The number of rotatable bonds is 6. The molecule has 0 spiro atoms. The smallest absolute Gasteiger partial charge is 0.267 e. The maximum absolute atomic E-state index is 12.1. The summed E-state index contributed by atoms with van der Waals surface area (Å²) in [5, 5.41) is 3.64. The van der Waals surface area contributed by atoms with Gasteiger partial charge in [0.25, 0.3) is 5.91 Å². The summed E-state index contributed by atoms with van der Waals surface area (Å²) in [6.07, 6.45) is 0. The molecule has 24 heavy (non-hydrogen) atoms. The minimum atomic E-state index is -3.55. The average molecular weight is 343 g/mol. The second-order valence-electron chi connectivity index (χ2n) is 5.24. The third-order valence-electron chi connectivity index (χ3n) is 3.53. The molecule has 7 heteroatoms. The van der Waals surface area contributed by atoms with Crippen molar-refractivity contribution < 1.29 is 13.2 Å². The first-order valence-electron chi connectivity index (χ1n) is 7.47. The molecule has 6 nitrogen and oxygen atoms in total. The largest absolute Gasteiger partial charge is 0.351 e. The first kappa shape index (κ1) is 16.2. The van der Waals surface area contributed by atoms with E-state index in [0.29, 0.717) is 5.69 Å². The molecule has 0 radical (unpaired) electrons. The molecule has 3 aromatic rings. The van der Waals surface area contributed by atoms with Crippen molar-refractivity contribution in [3.8, 4) is 0 Å². The molecule has 1 heterocycles. The SMILES string of the molecule is O=C(NCCNS(=O)(=O)c1ccccc1)c1cc2ccccc2[nH]1. The Kier molecular flexibility index (Phi) is 4.64. The van der Waals surface area contributed by atoms with Crippen LogP contribution < -0.4 is 10.0 Å². The molecule has 1 amide bonds. The summed E-state index contributed by atoms with van der Waals surface area (Å²) >= 11 is 0. The van der Waals surface area contributed by atoms with Crippen molar-refractivity contribution in [2.24, 2.45) is 0 Å². The number of benzene rings is 2. The fourth-order valence-electron chi connectivity index (χ4n) is 2.34. The van der Waals surface area contributed by atoms with E-state index in [0.717, 1.165) is 10.9 Å². The lowest BCUT2D eigenvalue weighted by Crippen LogP contribution is -2.34. The minimum Gasteiger partial charge on any atom is -0.351 e. The summed E-state index contributed by atoms with van der Waals surface area (Å²) in [7, 11) is -3.55. The molecule has 0 atom stereocenters. The van der Waals surface area contributed by atoms with Gasteiger partial charge in [-0.25, -0.2) is 13.1 Å². The maximum Gasteiger partial charge on any atom is 0.267 e. The predicted molar refractivity (Wildman–Crippen MR) is 92.3 cm³/mol. The Labute approximate surface area is 139 Å². The Hall–Kier alpha value is -2.64. The van der Waals surface area contributed by atoms with Gasteiger partial charge in [0.15, 0.2) is 0 Å². The molecule has 3 rings (SSSR count). The van der Waals surface area contributed by atoms with Crippen molar-refractivity contribution >= 4 is 26.8 Å². The van der Waals surface area contributed by atoms with Crippen LogP contribution in [0, 0.1) is 0 Å². The van der Waals surface area contributed by atoms with E-state index in [1.807, 2.05) is 24.3 Å². The molecule has 3 N–H and O–H groups in total. The number of aromatic nitrogens is 1. The van der Waals surface area contributed by atoms with Gasteiger partial charge >= 0.3 is 0 Å². The van der Waals surface area contributed by atoms with Crippen LogP contribution in [-0.4, -0.2) is 32.4 Å². The van der Waals surface area contributed by atoms with Crippen LogP contribution in [0.5, 0.6) is 0 Å². The number of aromatic amines is 1. The Morgan fingerprint density at radius 2 is 1.67 bits per heavy atom. The highest BCUT2D eigenvalue weighted by Gasteiger charge is 2.13. The lowest BCUT2D eigenvalue weighted by atomic mass is 10.2. The second-order valence-corrected chi connectivity index (χ2v) is 7.00. The summed E-state index contributed by atoms with van der Waals surface area (Å²) in [5.74, 6) is -0.273. The van der Waals surface area contributed by atoms with Gasteiger partial charge in [-0.1, -0.05) is 36.4 Å². The second kappa shape index (κ2) is 6.86. The van der Waals surface area contributed by atoms with Crippen LogP contribution in [0.4, 0.5) is 0 Å². The van der Waals surface area contributed by atoms with Crippen LogP contribution >= 0.6 is 0 Å². The number of hydrogen-bond donors (Lipinski definition) is 3. The highest BCUT2D eigenvalue weighted by atomic mass is 32.2. The Morgan fingerprint density at radius 3 is 2.42 bits per heavy atom. The number of nitrogens with one attached hydrogen (secondary N) is 3. The normalized spacial score (nSPS) is 11.5. The summed E-state index contributed by atoms with van der Waals surface area (Å²) < 4.78 is 26.5. The van der Waals surface area contributed by atoms with Gasteiger partial charge < -0.3 is 10.3 Å². The number of para-hydroxylation sites is 1. The van der Waals surface area contributed by atoms with Crippen LogP contribution in [0.25, 0.3) is 10.9 Å². The molecule has 0 saturated carbocycles. The van der Waals surface area contributed by atoms with E-state index < -0.39 is 10.0 Å². The van der Waals surface area contributed by atoms with Crippen molar-refractivity contribution in [3.05, 3.63) is 66.4 Å². The molecule has 0 bridgehead atoms. The van der Waals surface area contributed by atoms with E-state index in [1.54, 1.807) is 24.3 Å². The van der Waals surface area contributed by atoms with Crippen molar-refractivity contribution in [1.29, 1.82) is 0 Å². The fourth-order valence-corrected chi connectivity index (χ4v) is 3.39. The summed E-state index contributed by atoms with van der Waals surface area (Å²) in [5.41, 5.74) is 1.33. The van der Waals surface area contributed by atoms with Gasteiger partial charge in [0.2, 0.25) is 10.0 Å². The number of sulfonamides is 1. The topological polar surface area (TPSA) is 91.1 Å². The number of carbonyl (C=O) groups excluding carboxylic acids is 1. The summed E-state index contributed by atoms with van der Waals surface area (Å²) in [6, 6.07) is 17.5. The van der Waals surface area contributed by atoms with Crippen molar-refractivity contribution in [2.45, 2.75) is 4.90 Å². The number of H-pyrrole nitrogens is 1. The van der Waals surface area contributed by atoms with E-state index in [-0.39, 0.29) is 23.9 Å². The molecule has 0 aliphatic rings. The molecule has 2 aromatic carbocycles. The van der Waals surface area contributed by atoms with Crippen LogP contribution in [0.15, 0.2) is 65.6 Å². The molecular formula is C17H17N3O3S. The number of amides is 1. The molecule has 0 aliphatic carbocycles. The van der Waals surface area contributed by atoms with Gasteiger partial charge in [0, 0.05) is 24.0 Å². The Balaban J connectivity index is 1.54. The third-order valence-corrected chi connectivity index (χ3v) is 5.01. The summed E-state index contributed by atoms with van der Waals surface area (Å²) in [4.78, 5) is 15.3. The Morgan fingerprint density at radius 1 is 0.958 bits per heavy atom. The molecule has 1 aromatic heterocycles. The van der Waals surface area contributed by atoms with Crippen molar-refractivity contribution in [2.75, 3.05) is 13.1 Å². The quantitative estimate of drug-likeness (QED) is 0.597. The van der Waals surface area contributed by atoms with Crippen LogP contribution in [0.2, 0.25) is 0 Å². The van der Waals surface area contributed by atoms with Crippen molar-refractivity contribution in [3.63, 3.8) is 0 Å². The third kappa shape index (κ3) is 3.64. The van der Waals surface area contributed by atoms with Gasteiger partial charge in [0.1, 0.15) is 5.69 Å². The Bertz CT molecular complexity index is 916. The molecule has 124 valence electrons. The van der Waals surface area contributed by atoms with Gasteiger partial charge in [-0.3, -0.25) is 4.79 Å². The highest BCUT2D eigenvalue weighted by molar-refractivity contribution is 7.89. The van der Waals surface area contributed by atoms with Crippen LogP contribution in [0.1, 0.15) is 10.5 Å². The van der Waals surface area contributed by atoms with E-state index >= 15 is 0 Å². The standard InChI is InChI=1S/C17H17N3O3S/c21-17(16-12-13-6-4-5-9-15(13)20-16)18-10-11-19-24(22,23)14-7-2-1-3-8-14/h1-9,12,19-20H,10-11H2,(H,18,21). The van der Waals surface area contributed by atoms with E-state index in [1.165, 1.54) is 12.1 Å². The lowest BCUT2D eigenvalue weighted by molar-refractivity contribution is 0.0950. The zero-order chi connectivity index (χ0) is 17.0. The molecule has 0 aliphatic heterocycles. The van der Waals surface area contributed by atoms with Crippen LogP contribution in [0.3, 0.4) is 0 Å². The zero-order valence-corrected chi connectivity index (χ0v) is 13.6. The monoisotopic (exact) mass is 343 g/mol. The summed E-state index contributed by atoms with van der Waals surface area (Å²) in [6.45, 7) is 0.309. The van der Waals surface area contributed by atoms with E-state index in [9.17, 15) is 13.2 Å². The molecule has 0 saturated heterocycles. The molecule has 0 unspecified atom stereocenters. The number of carbonyl (C=O) groups is 1. The van der Waals surface area contributed by atoms with Gasteiger partial charge in [-0.2, -0.15) is 0 Å². The minimum absolute atomic E-state index is 0.114. The van der Waals surface area contributed by atoms with E-state index in [4.69, 9.17) is 0 Å². The highest BCUT2D eigenvalue weighted by Crippen LogP contribution is 2.14. The van der Waals surface area contributed by atoms with Gasteiger partial charge in [-0.05, 0) is 24.3 Å². The van der Waals surface area contributed by atoms with E-state index in [2.05, 4.69) is 15.0 Å². The lowest BCUT2D eigenvalue weighted by Gasteiger charge is -2.07. The van der Waals surface area contributed by atoms with Gasteiger partial charge in [0.05, 0.1) is 4.90 Å². The molecule has 0 fully saturated rings. The average Bonchev–Trinajstić information content (AvgIpc) is 3.03. The van der Waals surface area contributed by atoms with Crippen molar-refractivity contribution in [1.82, 2.24) is 15.0 Å². The van der Waals surface area contributed by atoms with Crippen LogP contribution in [-0.2, 0) is 10.0 Å². The fraction of sp³-hybridized carbons (Fsp3) is 0.118. The maximum atomic E-state index is 12.1. The first-order chi connectivity index (χ1) is 11.6. The first-order valence-corrected chi connectivity index (χ1v) is 8.95. The van der Waals surface area contributed by atoms with Gasteiger partial charge in [-0.15, -0.1) is 0 Å².